The SMILES string of the molecule is CNCCC(Sc1ccccc1Cl)c1ccccc1.Cl. The molecule has 0 aromatic heterocycles. The van der Waals surface area contributed by atoms with Gasteiger partial charge in [-0.3, -0.25) is 0 Å². The average molecular weight is 328 g/mol. The summed E-state index contributed by atoms with van der Waals surface area (Å²) in [6, 6.07) is 18.6. The molecule has 0 fully saturated rings. The lowest BCUT2D eigenvalue weighted by Crippen LogP contribution is -2.10. The van der Waals surface area contributed by atoms with Crippen LogP contribution in [0.25, 0.3) is 0 Å². The molecule has 0 saturated carbocycles. The number of benzene rings is 2. The highest BCUT2D eigenvalue weighted by Gasteiger charge is 2.14. The monoisotopic (exact) mass is 327 g/mol. The Labute approximate surface area is 136 Å². The molecule has 1 nitrogen and oxygen atoms in total. The summed E-state index contributed by atoms with van der Waals surface area (Å²) >= 11 is 8.09. The molecule has 1 unspecified atom stereocenters. The van der Waals surface area contributed by atoms with E-state index in [1.807, 2.05) is 37.0 Å². The highest BCUT2D eigenvalue weighted by molar-refractivity contribution is 7.99. The van der Waals surface area contributed by atoms with Crippen LogP contribution in [0.2, 0.25) is 5.02 Å². The second-order valence-electron chi connectivity index (χ2n) is 4.34. The van der Waals surface area contributed by atoms with Crippen molar-refractivity contribution in [2.45, 2.75) is 16.6 Å². The Hall–Kier alpha value is -0.670. The molecule has 4 heteroatoms. The largest absolute Gasteiger partial charge is 0.320 e. The fourth-order valence-corrected chi connectivity index (χ4v) is 3.37. The molecule has 0 amide bonds. The molecule has 0 aliphatic rings. The van der Waals surface area contributed by atoms with Crippen LogP contribution in [0.3, 0.4) is 0 Å². The van der Waals surface area contributed by atoms with Gasteiger partial charge in [-0.25, -0.2) is 0 Å². The van der Waals surface area contributed by atoms with E-state index in [1.165, 1.54) is 5.56 Å². The third-order valence-electron chi connectivity index (χ3n) is 2.93. The maximum atomic E-state index is 6.25. The predicted molar refractivity (Wildman–Crippen MR) is 92.3 cm³/mol. The zero-order chi connectivity index (χ0) is 13.5. The Kier molecular flexibility index (Phi) is 8.08. The van der Waals surface area contributed by atoms with Crippen molar-refractivity contribution in [1.29, 1.82) is 0 Å². The molecule has 1 atom stereocenters. The Bertz CT molecular complexity index is 505. The van der Waals surface area contributed by atoms with Crippen molar-refractivity contribution in [2.24, 2.45) is 0 Å². The standard InChI is InChI=1S/C16H18ClNS.ClH/c1-18-12-11-15(13-7-3-2-4-8-13)19-16-10-6-5-9-14(16)17;/h2-10,15,18H,11-12H2,1H3;1H. The third-order valence-corrected chi connectivity index (χ3v) is 4.78. The zero-order valence-electron chi connectivity index (χ0n) is 11.4. The summed E-state index contributed by atoms with van der Waals surface area (Å²) in [4.78, 5) is 1.15. The lowest BCUT2D eigenvalue weighted by atomic mass is 10.1. The third kappa shape index (κ3) is 5.02. The summed E-state index contributed by atoms with van der Waals surface area (Å²) in [5.74, 6) is 0. The number of nitrogens with one attached hydrogen (secondary N) is 1. The molecule has 0 spiro atoms. The van der Waals surface area contributed by atoms with Gasteiger partial charge in [0.25, 0.3) is 0 Å². The molecule has 0 saturated heterocycles. The summed E-state index contributed by atoms with van der Waals surface area (Å²) in [6.07, 6.45) is 1.08. The highest BCUT2D eigenvalue weighted by atomic mass is 35.5. The number of hydrogen-bond acceptors (Lipinski definition) is 2. The first-order valence-corrected chi connectivity index (χ1v) is 7.67. The molecule has 20 heavy (non-hydrogen) atoms. The van der Waals surface area contributed by atoms with E-state index in [0.29, 0.717) is 5.25 Å². The molecule has 0 aliphatic heterocycles. The van der Waals surface area contributed by atoms with Gasteiger partial charge in [0.05, 0.1) is 5.02 Å². The quantitative estimate of drug-likeness (QED) is 0.731. The molecule has 0 aliphatic carbocycles. The molecule has 0 bridgehead atoms. The van der Waals surface area contributed by atoms with E-state index in [9.17, 15) is 0 Å². The molecule has 1 N–H and O–H groups in total. The van der Waals surface area contributed by atoms with Crippen molar-refractivity contribution in [3.63, 3.8) is 0 Å². The van der Waals surface area contributed by atoms with E-state index < -0.39 is 0 Å². The van der Waals surface area contributed by atoms with Gasteiger partial charge in [0.2, 0.25) is 0 Å². The minimum Gasteiger partial charge on any atom is -0.320 e. The van der Waals surface area contributed by atoms with Crippen LogP contribution in [0.5, 0.6) is 0 Å². The van der Waals surface area contributed by atoms with Gasteiger partial charge in [0, 0.05) is 10.1 Å². The van der Waals surface area contributed by atoms with Crippen molar-refractivity contribution in [2.75, 3.05) is 13.6 Å². The average Bonchev–Trinajstić information content (AvgIpc) is 2.46. The van der Waals surface area contributed by atoms with Crippen LogP contribution in [0.4, 0.5) is 0 Å². The molecule has 2 aromatic carbocycles. The molecule has 0 radical (unpaired) electrons. The van der Waals surface area contributed by atoms with Crippen LogP contribution in [0, 0.1) is 0 Å². The first-order chi connectivity index (χ1) is 9.31. The van der Waals surface area contributed by atoms with Gasteiger partial charge >= 0.3 is 0 Å². The van der Waals surface area contributed by atoms with Crippen LogP contribution in [-0.4, -0.2) is 13.6 Å². The highest BCUT2D eigenvalue weighted by Crippen LogP contribution is 2.40. The molecular weight excluding hydrogens is 309 g/mol. The lowest BCUT2D eigenvalue weighted by Gasteiger charge is -2.17. The summed E-state index contributed by atoms with van der Waals surface area (Å²) in [5, 5.41) is 4.48. The molecule has 0 heterocycles. The first-order valence-electron chi connectivity index (χ1n) is 6.42. The first kappa shape index (κ1) is 17.4. The zero-order valence-corrected chi connectivity index (χ0v) is 13.8. The van der Waals surface area contributed by atoms with Gasteiger partial charge in [-0.05, 0) is 37.7 Å². The van der Waals surface area contributed by atoms with Gasteiger partial charge in [-0.2, -0.15) is 0 Å². The number of hydrogen-bond donors (Lipinski definition) is 1. The molecule has 108 valence electrons. The smallest absolute Gasteiger partial charge is 0.0542 e. The maximum absolute atomic E-state index is 6.25. The van der Waals surface area contributed by atoms with Gasteiger partial charge in [-0.1, -0.05) is 54.1 Å². The number of rotatable bonds is 6. The van der Waals surface area contributed by atoms with Crippen molar-refractivity contribution in [3.05, 3.63) is 65.2 Å². The topological polar surface area (TPSA) is 12.0 Å². The normalized spacial score (nSPS) is 11.7. The van der Waals surface area contributed by atoms with Gasteiger partial charge in [0.15, 0.2) is 0 Å². The fourth-order valence-electron chi connectivity index (χ4n) is 1.93. The van der Waals surface area contributed by atoms with E-state index in [4.69, 9.17) is 11.6 Å². The molecular formula is C16H19Cl2NS. The minimum atomic E-state index is 0. The molecule has 2 aromatic rings. The van der Waals surface area contributed by atoms with E-state index in [0.717, 1.165) is 22.9 Å². The van der Waals surface area contributed by atoms with Gasteiger partial charge in [-0.15, -0.1) is 24.2 Å². The summed E-state index contributed by atoms with van der Waals surface area (Å²) in [5.41, 5.74) is 1.35. The van der Waals surface area contributed by atoms with Crippen LogP contribution < -0.4 is 5.32 Å². The summed E-state index contributed by atoms with van der Waals surface area (Å²) in [6.45, 7) is 0.997. The van der Waals surface area contributed by atoms with E-state index in [2.05, 4.69) is 41.7 Å². The maximum Gasteiger partial charge on any atom is 0.0542 e. The Morgan fingerprint density at radius 1 is 1.05 bits per heavy atom. The van der Waals surface area contributed by atoms with Crippen LogP contribution >= 0.6 is 35.8 Å². The predicted octanol–water partition coefficient (Wildman–Crippen LogP) is 5.20. The van der Waals surface area contributed by atoms with Crippen LogP contribution in [0.15, 0.2) is 59.5 Å². The molecule has 2 rings (SSSR count). The van der Waals surface area contributed by atoms with E-state index >= 15 is 0 Å². The summed E-state index contributed by atoms with van der Waals surface area (Å²) < 4.78 is 0. The Balaban J connectivity index is 0.00000200. The van der Waals surface area contributed by atoms with Gasteiger partial charge < -0.3 is 5.32 Å². The number of halogens is 2. The van der Waals surface area contributed by atoms with Crippen LogP contribution in [-0.2, 0) is 0 Å². The van der Waals surface area contributed by atoms with Crippen LogP contribution in [0.1, 0.15) is 17.2 Å². The van der Waals surface area contributed by atoms with Gasteiger partial charge in [0.1, 0.15) is 0 Å². The van der Waals surface area contributed by atoms with Crippen molar-refractivity contribution >= 4 is 35.8 Å². The van der Waals surface area contributed by atoms with E-state index in [1.54, 1.807) is 0 Å². The second kappa shape index (κ2) is 9.30. The Morgan fingerprint density at radius 2 is 1.70 bits per heavy atom. The number of thioether (sulfide) groups is 1. The fraction of sp³-hybridized carbons (Fsp3) is 0.250. The van der Waals surface area contributed by atoms with E-state index in [-0.39, 0.29) is 12.4 Å². The lowest BCUT2D eigenvalue weighted by molar-refractivity contribution is 0.715. The van der Waals surface area contributed by atoms with Crippen molar-refractivity contribution < 1.29 is 0 Å². The second-order valence-corrected chi connectivity index (χ2v) is 5.99. The Morgan fingerprint density at radius 3 is 2.35 bits per heavy atom. The van der Waals surface area contributed by atoms with Crippen molar-refractivity contribution in [3.8, 4) is 0 Å². The van der Waals surface area contributed by atoms with Crippen molar-refractivity contribution in [1.82, 2.24) is 5.32 Å². The minimum absolute atomic E-state index is 0. The summed E-state index contributed by atoms with van der Waals surface area (Å²) in [7, 11) is 1.99.